The van der Waals surface area contributed by atoms with Crippen LogP contribution < -0.4 is 21.7 Å². The Morgan fingerprint density at radius 1 is 1.07 bits per heavy atom. The van der Waals surface area contributed by atoms with Gasteiger partial charge in [0.05, 0.1) is 15.7 Å². The van der Waals surface area contributed by atoms with Crippen LogP contribution in [0.5, 0.6) is 5.75 Å². The van der Waals surface area contributed by atoms with Crippen LogP contribution in [0.15, 0.2) is 46.7 Å². The number of aliphatic carboxylic acids is 1. The molecule has 1 aromatic heterocycles. The first-order valence-corrected chi connectivity index (χ1v) is 12.3. The van der Waals surface area contributed by atoms with Gasteiger partial charge in [0, 0.05) is 16.7 Å². The fraction of sp³-hybridized carbons (Fsp3) is 0.105. The number of benzene rings is 2. The van der Waals surface area contributed by atoms with Crippen molar-refractivity contribution >= 4 is 79.0 Å². The Hall–Kier alpha value is -0.870. The fourth-order valence-corrected chi connectivity index (χ4v) is 6.59. The van der Waals surface area contributed by atoms with Gasteiger partial charge in [-0.2, -0.15) is 0 Å². The SMILES string of the molecule is O=C(O)COc1ccc(C(=O)CSc2cc(-c3ccc(Cl)cc3)s[s+]2)c(Cl)c1Cl.[Br-]. The summed E-state index contributed by atoms with van der Waals surface area (Å²) in [5.74, 6) is -1.00. The number of ketones is 1. The summed E-state index contributed by atoms with van der Waals surface area (Å²) in [5, 5.41) is 9.44. The van der Waals surface area contributed by atoms with E-state index in [0.717, 1.165) is 14.6 Å². The number of carboxylic acid groups (broad SMARTS) is 1. The van der Waals surface area contributed by atoms with Crippen molar-refractivity contribution in [1.82, 2.24) is 0 Å². The van der Waals surface area contributed by atoms with Crippen molar-refractivity contribution in [3.8, 4) is 16.2 Å². The first-order valence-electron chi connectivity index (χ1n) is 8.03. The normalized spacial score (nSPS) is 10.4. The van der Waals surface area contributed by atoms with E-state index < -0.39 is 12.6 Å². The monoisotopic (exact) mass is 584 g/mol. The lowest BCUT2D eigenvalue weighted by Gasteiger charge is -2.09. The van der Waals surface area contributed by atoms with Gasteiger partial charge in [-0.15, -0.1) is 0 Å². The molecule has 0 spiro atoms. The molecule has 1 heterocycles. The summed E-state index contributed by atoms with van der Waals surface area (Å²) >= 11 is 19.6. The van der Waals surface area contributed by atoms with Gasteiger partial charge in [-0.25, -0.2) is 4.79 Å². The molecule has 0 unspecified atom stereocenters. The molecular weight excluding hydrogens is 575 g/mol. The quantitative estimate of drug-likeness (QED) is 0.186. The summed E-state index contributed by atoms with van der Waals surface area (Å²) in [6.45, 7) is -0.547. The number of carbonyl (C=O) groups is 2. The highest BCUT2D eigenvalue weighted by molar-refractivity contribution is 8.03. The van der Waals surface area contributed by atoms with Crippen molar-refractivity contribution in [2.75, 3.05) is 12.4 Å². The molecule has 3 aromatic rings. The van der Waals surface area contributed by atoms with Crippen LogP contribution in [-0.2, 0) is 4.79 Å². The molecule has 4 nitrogen and oxygen atoms in total. The molecule has 158 valence electrons. The number of hydrogen-bond donors (Lipinski definition) is 1. The Kier molecular flexibility index (Phi) is 9.87. The van der Waals surface area contributed by atoms with E-state index in [-0.39, 0.29) is 49.9 Å². The number of hydrogen-bond acceptors (Lipinski definition) is 5. The summed E-state index contributed by atoms with van der Waals surface area (Å²) in [6.07, 6.45) is 0. The van der Waals surface area contributed by atoms with Crippen LogP contribution >= 0.6 is 67.2 Å². The van der Waals surface area contributed by atoms with E-state index >= 15 is 0 Å². The van der Waals surface area contributed by atoms with Gasteiger partial charge in [-0.3, -0.25) is 4.79 Å². The van der Waals surface area contributed by atoms with Crippen LogP contribution in [0.1, 0.15) is 10.4 Å². The minimum atomic E-state index is -1.14. The van der Waals surface area contributed by atoms with E-state index in [9.17, 15) is 9.59 Å². The predicted molar refractivity (Wildman–Crippen MR) is 122 cm³/mol. The third-order valence-electron chi connectivity index (χ3n) is 3.64. The molecule has 0 aliphatic rings. The van der Waals surface area contributed by atoms with Gasteiger partial charge < -0.3 is 26.8 Å². The molecule has 11 heteroatoms. The maximum Gasteiger partial charge on any atom is 0.341 e. The highest BCUT2D eigenvalue weighted by Gasteiger charge is 2.21. The topological polar surface area (TPSA) is 63.6 Å². The van der Waals surface area contributed by atoms with E-state index in [1.165, 1.54) is 23.9 Å². The maximum absolute atomic E-state index is 12.6. The molecule has 0 saturated heterocycles. The van der Waals surface area contributed by atoms with Crippen molar-refractivity contribution < 1.29 is 36.4 Å². The zero-order valence-electron chi connectivity index (χ0n) is 14.9. The van der Waals surface area contributed by atoms with Crippen LogP contribution in [0.3, 0.4) is 0 Å². The zero-order chi connectivity index (χ0) is 21.0. The molecule has 1 N–H and O–H groups in total. The highest BCUT2D eigenvalue weighted by atomic mass is 79.9. The molecule has 30 heavy (non-hydrogen) atoms. The summed E-state index contributed by atoms with van der Waals surface area (Å²) < 4.78 is 6.07. The smallest absolute Gasteiger partial charge is 0.341 e. The molecule has 0 bridgehead atoms. The van der Waals surface area contributed by atoms with Crippen LogP contribution in [-0.4, -0.2) is 29.2 Å². The predicted octanol–water partition coefficient (Wildman–Crippen LogP) is 4.16. The van der Waals surface area contributed by atoms with Crippen LogP contribution in [0.4, 0.5) is 0 Å². The molecule has 0 saturated carbocycles. The second kappa shape index (κ2) is 11.7. The van der Waals surface area contributed by atoms with Gasteiger partial charge >= 0.3 is 16.3 Å². The minimum Gasteiger partial charge on any atom is -1.00 e. The summed E-state index contributed by atoms with van der Waals surface area (Å²) in [6, 6.07) is 12.6. The number of ether oxygens (including phenoxy) is 1. The third-order valence-corrected chi connectivity index (χ3v) is 8.71. The Morgan fingerprint density at radius 3 is 2.43 bits per heavy atom. The second-order valence-electron chi connectivity index (χ2n) is 5.63. The third kappa shape index (κ3) is 6.56. The first kappa shape index (κ1) is 25.4. The number of thioether (sulfide) groups is 1. The Morgan fingerprint density at radius 2 is 1.77 bits per heavy atom. The van der Waals surface area contributed by atoms with Gasteiger partial charge in [0.1, 0.15) is 10.8 Å². The van der Waals surface area contributed by atoms with E-state index in [0.29, 0.717) is 5.02 Å². The van der Waals surface area contributed by atoms with Crippen molar-refractivity contribution in [2.45, 2.75) is 4.21 Å². The average Bonchev–Trinajstić information content (AvgIpc) is 3.17. The average molecular weight is 587 g/mol. The lowest BCUT2D eigenvalue weighted by molar-refractivity contribution is -0.139. The lowest BCUT2D eigenvalue weighted by atomic mass is 10.1. The molecule has 0 aliphatic heterocycles. The van der Waals surface area contributed by atoms with E-state index in [1.807, 2.05) is 30.3 Å². The van der Waals surface area contributed by atoms with Gasteiger partial charge in [0.2, 0.25) is 0 Å². The van der Waals surface area contributed by atoms with Gasteiger partial charge in [0.25, 0.3) is 4.21 Å². The summed E-state index contributed by atoms with van der Waals surface area (Å²) in [7, 11) is 3.22. The van der Waals surface area contributed by atoms with Crippen LogP contribution in [0, 0.1) is 0 Å². The molecule has 0 aliphatic carbocycles. The number of halogens is 4. The van der Waals surface area contributed by atoms with Gasteiger partial charge in [-0.1, -0.05) is 58.7 Å². The van der Waals surface area contributed by atoms with Gasteiger partial charge in [0.15, 0.2) is 22.7 Å². The minimum absolute atomic E-state index is 0. The van der Waals surface area contributed by atoms with E-state index in [2.05, 4.69) is 0 Å². The Balaban J connectivity index is 0.00000320. The number of carboxylic acids is 1. The molecule has 0 amide bonds. The van der Waals surface area contributed by atoms with Gasteiger partial charge in [-0.05, 0) is 29.8 Å². The van der Waals surface area contributed by atoms with Crippen molar-refractivity contribution in [3.05, 3.63) is 63.1 Å². The van der Waals surface area contributed by atoms with E-state index in [4.69, 9.17) is 44.6 Å². The molecule has 0 fully saturated rings. The second-order valence-corrected chi connectivity index (χ2v) is 10.3. The molecular formula is C19H12BrCl3O4S3. The van der Waals surface area contributed by atoms with E-state index in [1.54, 1.807) is 20.7 Å². The molecule has 0 atom stereocenters. The number of carbonyl (C=O) groups excluding carboxylic acids is 1. The molecule has 3 rings (SSSR count). The molecule has 0 radical (unpaired) electrons. The fourth-order valence-electron chi connectivity index (χ4n) is 2.26. The maximum atomic E-state index is 12.6. The standard InChI is InChI=1S/C19H11Cl3O4S3.BrH/c20-11-3-1-10(2-4-11)15-7-17(29-28-15)27-9-13(23)12-5-6-14(19(22)18(12)21)26-8-16(24)25;/h1-7H,8-9H2;1H. The van der Waals surface area contributed by atoms with Crippen molar-refractivity contribution in [1.29, 1.82) is 0 Å². The number of rotatable bonds is 8. The zero-order valence-corrected chi connectivity index (χ0v) is 21.2. The van der Waals surface area contributed by atoms with Crippen molar-refractivity contribution in [2.24, 2.45) is 0 Å². The Labute approximate surface area is 209 Å². The summed E-state index contributed by atoms with van der Waals surface area (Å²) in [5.41, 5.74) is 1.34. The Bertz CT molecular complexity index is 1060. The van der Waals surface area contributed by atoms with Crippen LogP contribution in [0.25, 0.3) is 10.4 Å². The first-order chi connectivity index (χ1) is 13.8. The lowest BCUT2D eigenvalue weighted by Crippen LogP contribution is -3.00. The highest BCUT2D eigenvalue weighted by Crippen LogP contribution is 2.39. The largest absolute Gasteiger partial charge is 1.00 e. The van der Waals surface area contributed by atoms with Crippen molar-refractivity contribution in [3.63, 3.8) is 0 Å². The van der Waals surface area contributed by atoms with Crippen LogP contribution in [0.2, 0.25) is 15.1 Å². The number of Topliss-reactive ketones (excluding diaryl/α,β-unsaturated/α-hetero) is 1. The summed E-state index contributed by atoms with van der Waals surface area (Å²) in [4.78, 5) is 24.3. The molecule has 2 aromatic carbocycles.